The standard InChI is InChI=1S/C18H14IN3O4/c1-26-15-8-3-2-7-14(15)22-17(24)13(16(23)21-18(22)25)10-20-12-6-4-5-11(19)9-12/h2-10,13H,1H3,(H,21,23,25)/t13-/m1/s1. The van der Waals surface area contributed by atoms with Crippen LogP contribution in [0.25, 0.3) is 0 Å². The van der Waals surface area contributed by atoms with E-state index in [1.165, 1.54) is 13.3 Å². The molecule has 132 valence electrons. The van der Waals surface area contributed by atoms with Crippen LogP contribution in [0.2, 0.25) is 0 Å². The second kappa shape index (κ2) is 7.65. The first-order valence-electron chi connectivity index (χ1n) is 7.63. The van der Waals surface area contributed by atoms with E-state index in [1.807, 2.05) is 18.2 Å². The van der Waals surface area contributed by atoms with Gasteiger partial charge in [-0.15, -0.1) is 0 Å². The summed E-state index contributed by atoms with van der Waals surface area (Å²) in [4.78, 5) is 42.3. The Labute approximate surface area is 163 Å². The highest BCUT2D eigenvalue weighted by atomic mass is 127. The van der Waals surface area contributed by atoms with Gasteiger partial charge in [-0.1, -0.05) is 18.2 Å². The smallest absolute Gasteiger partial charge is 0.335 e. The van der Waals surface area contributed by atoms with Crippen LogP contribution in [-0.4, -0.2) is 31.2 Å². The highest BCUT2D eigenvalue weighted by Crippen LogP contribution is 2.30. The van der Waals surface area contributed by atoms with E-state index in [0.29, 0.717) is 11.4 Å². The highest BCUT2D eigenvalue weighted by Gasteiger charge is 2.41. The molecule has 1 atom stereocenters. The zero-order chi connectivity index (χ0) is 18.7. The van der Waals surface area contributed by atoms with E-state index >= 15 is 0 Å². The first-order valence-corrected chi connectivity index (χ1v) is 8.70. The molecule has 4 amide bonds. The van der Waals surface area contributed by atoms with Gasteiger partial charge >= 0.3 is 6.03 Å². The van der Waals surface area contributed by atoms with Crippen LogP contribution in [0.15, 0.2) is 53.5 Å². The Bertz CT molecular complexity index is 913. The van der Waals surface area contributed by atoms with Gasteiger partial charge in [0.2, 0.25) is 5.91 Å². The number of halogens is 1. The molecule has 1 N–H and O–H groups in total. The maximum Gasteiger partial charge on any atom is 0.335 e. The third-order valence-electron chi connectivity index (χ3n) is 3.71. The number of nitrogens with zero attached hydrogens (tertiary/aromatic N) is 2. The fourth-order valence-corrected chi connectivity index (χ4v) is 3.01. The summed E-state index contributed by atoms with van der Waals surface area (Å²) in [6, 6.07) is 13.1. The second-order valence-electron chi connectivity index (χ2n) is 5.38. The fourth-order valence-electron chi connectivity index (χ4n) is 2.48. The van der Waals surface area contributed by atoms with Gasteiger partial charge in [-0.2, -0.15) is 0 Å². The number of rotatable bonds is 4. The molecule has 0 radical (unpaired) electrons. The molecule has 3 rings (SSSR count). The zero-order valence-corrected chi connectivity index (χ0v) is 15.8. The van der Waals surface area contributed by atoms with Crippen LogP contribution in [-0.2, 0) is 9.59 Å². The number of imide groups is 2. The van der Waals surface area contributed by atoms with E-state index in [9.17, 15) is 14.4 Å². The van der Waals surface area contributed by atoms with Crippen molar-refractivity contribution in [2.45, 2.75) is 0 Å². The topological polar surface area (TPSA) is 88.1 Å². The van der Waals surface area contributed by atoms with Gasteiger partial charge in [0.05, 0.1) is 18.5 Å². The molecule has 1 fully saturated rings. The third-order valence-corrected chi connectivity index (χ3v) is 4.38. The lowest BCUT2D eigenvalue weighted by molar-refractivity contribution is -0.131. The molecule has 0 bridgehead atoms. The molecule has 0 unspecified atom stereocenters. The summed E-state index contributed by atoms with van der Waals surface area (Å²) in [7, 11) is 1.44. The molecule has 0 aliphatic carbocycles. The van der Waals surface area contributed by atoms with Crippen molar-refractivity contribution >= 4 is 58.0 Å². The van der Waals surface area contributed by atoms with Gasteiger partial charge < -0.3 is 4.74 Å². The SMILES string of the molecule is COc1ccccc1N1C(=O)NC(=O)[C@@H](C=Nc2cccc(I)c2)C1=O. The van der Waals surface area contributed by atoms with E-state index in [4.69, 9.17) is 4.74 Å². The Balaban J connectivity index is 1.93. The number of anilines is 1. The van der Waals surface area contributed by atoms with Gasteiger partial charge in [-0.3, -0.25) is 19.9 Å². The molecule has 2 aromatic carbocycles. The molecular weight excluding hydrogens is 449 g/mol. The van der Waals surface area contributed by atoms with Crippen molar-refractivity contribution in [1.29, 1.82) is 0 Å². The summed E-state index contributed by atoms with van der Waals surface area (Å²) in [6.07, 6.45) is 1.25. The number of aliphatic imine (C=N–C) groups is 1. The Morgan fingerprint density at radius 2 is 1.92 bits per heavy atom. The Morgan fingerprint density at radius 3 is 2.65 bits per heavy atom. The number of ether oxygens (including phenoxy) is 1. The normalized spacial score (nSPS) is 17.5. The van der Waals surface area contributed by atoms with E-state index in [2.05, 4.69) is 32.9 Å². The number of barbiturate groups is 1. The van der Waals surface area contributed by atoms with E-state index < -0.39 is 23.8 Å². The number of carbonyl (C=O) groups is 3. The molecule has 8 heteroatoms. The molecule has 1 saturated heterocycles. The van der Waals surface area contributed by atoms with Gasteiger partial charge in [0, 0.05) is 9.78 Å². The lowest BCUT2D eigenvalue weighted by Crippen LogP contribution is -2.58. The van der Waals surface area contributed by atoms with Crippen molar-refractivity contribution in [1.82, 2.24) is 5.32 Å². The number of benzene rings is 2. The minimum atomic E-state index is -1.21. The summed E-state index contributed by atoms with van der Waals surface area (Å²) in [5, 5.41) is 2.19. The van der Waals surface area contributed by atoms with Crippen LogP contribution in [0.1, 0.15) is 0 Å². The average molecular weight is 463 g/mol. The van der Waals surface area contributed by atoms with Crippen molar-refractivity contribution in [3.05, 3.63) is 52.1 Å². The monoisotopic (exact) mass is 463 g/mol. The molecule has 0 aromatic heterocycles. The maximum absolute atomic E-state index is 12.8. The van der Waals surface area contributed by atoms with Crippen molar-refractivity contribution < 1.29 is 19.1 Å². The van der Waals surface area contributed by atoms with Gasteiger partial charge in [-0.05, 0) is 52.9 Å². The van der Waals surface area contributed by atoms with Crippen LogP contribution >= 0.6 is 22.6 Å². The fraction of sp³-hybridized carbons (Fsp3) is 0.111. The lowest BCUT2D eigenvalue weighted by Gasteiger charge is -2.29. The molecule has 26 heavy (non-hydrogen) atoms. The molecule has 2 aromatic rings. The average Bonchev–Trinajstić information content (AvgIpc) is 2.61. The number of nitrogens with one attached hydrogen (secondary N) is 1. The lowest BCUT2D eigenvalue weighted by atomic mass is 10.1. The van der Waals surface area contributed by atoms with Crippen LogP contribution in [0.5, 0.6) is 5.75 Å². The Morgan fingerprint density at radius 1 is 1.15 bits per heavy atom. The second-order valence-corrected chi connectivity index (χ2v) is 6.62. The van der Waals surface area contributed by atoms with Crippen LogP contribution in [0.4, 0.5) is 16.2 Å². The van der Waals surface area contributed by atoms with Gasteiger partial charge in [0.1, 0.15) is 5.75 Å². The summed E-state index contributed by atoms with van der Waals surface area (Å²) in [5.41, 5.74) is 0.871. The van der Waals surface area contributed by atoms with Crippen molar-refractivity contribution in [3.63, 3.8) is 0 Å². The van der Waals surface area contributed by atoms with Gasteiger partial charge in [0.25, 0.3) is 5.91 Å². The summed E-state index contributed by atoms with van der Waals surface area (Å²) in [5.74, 6) is -2.26. The number of hydrogen-bond donors (Lipinski definition) is 1. The third kappa shape index (κ3) is 3.59. The molecule has 0 saturated carbocycles. The van der Waals surface area contributed by atoms with E-state index in [1.54, 1.807) is 30.3 Å². The molecule has 1 aliphatic rings. The number of carbonyl (C=O) groups excluding carboxylic acids is 3. The van der Waals surface area contributed by atoms with Crippen LogP contribution in [0, 0.1) is 9.49 Å². The minimum Gasteiger partial charge on any atom is -0.495 e. The molecule has 1 heterocycles. The minimum absolute atomic E-state index is 0.262. The number of hydrogen-bond acceptors (Lipinski definition) is 5. The van der Waals surface area contributed by atoms with Crippen molar-refractivity contribution in [2.24, 2.45) is 10.9 Å². The predicted molar refractivity (Wildman–Crippen MR) is 105 cm³/mol. The summed E-state index contributed by atoms with van der Waals surface area (Å²) >= 11 is 2.14. The number of amides is 4. The first kappa shape index (κ1) is 18.1. The van der Waals surface area contributed by atoms with Crippen molar-refractivity contribution in [2.75, 3.05) is 12.0 Å². The Kier molecular flexibility index (Phi) is 5.31. The molecule has 1 aliphatic heterocycles. The van der Waals surface area contributed by atoms with E-state index in [-0.39, 0.29) is 5.69 Å². The number of urea groups is 1. The van der Waals surface area contributed by atoms with Crippen LogP contribution in [0.3, 0.4) is 0 Å². The zero-order valence-electron chi connectivity index (χ0n) is 13.7. The first-order chi connectivity index (χ1) is 12.5. The molecule has 7 nitrogen and oxygen atoms in total. The Hall–Kier alpha value is -2.75. The molecular formula is C18H14IN3O4. The summed E-state index contributed by atoms with van der Waals surface area (Å²) in [6.45, 7) is 0. The number of methoxy groups -OCH3 is 1. The molecule has 0 spiro atoms. The van der Waals surface area contributed by atoms with Crippen molar-refractivity contribution in [3.8, 4) is 5.75 Å². The van der Waals surface area contributed by atoms with Crippen LogP contribution < -0.4 is 15.0 Å². The van der Waals surface area contributed by atoms with Gasteiger partial charge in [-0.25, -0.2) is 9.69 Å². The highest BCUT2D eigenvalue weighted by molar-refractivity contribution is 14.1. The van der Waals surface area contributed by atoms with E-state index in [0.717, 1.165) is 8.47 Å². The quantitative estimate of drug-likeness (QED) is 0.429. The van der Waals surface area contributed by atoms with Gasteiger partial charge in [0.15, 0.2) is 5.92 Å². The predicted octanol–water partition coefficient (Wildman–Crippen LogP) is 2.90. The largest absolute Gasteiger partial charge is 0.495 e. The summed E-state index contributed by atoms with van der Waals surface area (Å²) < 4.78 is 6.18. The number of para-hydroxylation sites is 2. The maximum atomic E-state index is 12.8.